The fourth-order valence-electron chi connectivity index (χ4n) is 0.523. The maximum Gasteiger partial charge on any atom is 0.0972 e. The predicted octanol–water partition coefficient (Wildman–Crippen LogP) is 0.228. The van der Waals surface area contributed by atoms with Crippen LogP contribution in [0.5, 0.6) is 0 Å². The second-order valence-electron chi connectivity index (χ2n) is 2.78. The molecule has 0 spiro atoms. The Kier molecular flexibility index (Phi) is 4.92. The Labute approximate surface area is 75.2 Å². The Morgan fingerprint density at radius 2 is 2.27 bits per heavy atom. The average Bonchev–Trinajstić information content (AvgIpc) is 1.87. The molecule has 1 unspecified atom stereocenters. The number of hydrogen-bond donors (Lipinski definition) is 3. The first kappa shape index (κ1) is 11.1. The van der Waals surface area contributed by atoms with Gasteiger partial charge < -0.3 is 15.5 Å². The molecular weight excluding hydrogens is 210 g/mol. The summed E-state index contributed by atoms with van der Waals surface area (Å²) in [5.74, 6) is 0. The Morgan fingerprint density at radius 1 is 1.73 bits per heavy atom. The number of aliphatic hydroxyl groups excluding tert-OH is 1. The van der Waals surface area contributed by atoms with Crippen molar-refractivity contribution in [2.24, 2.45) is 0 Å². The van der Waals surface area contributed by atoms with Gasteiger partial charge in [-0.1, -0.05) is 22.5 Å². The van der Waals surface area contributed by atoms with Crippen LogP contribution in [-0.2, 0) is 0 Å². The van der Waals surface area contributed by atoms with Crippen molar-refractivity contribution in [2.75, 3.05) is 19.7 Å². The molecule has 0 amide bonds. The zero-order valence-electron chi connectivity index (χ0n) is 6.60. The van der Waals surface area contributed by atoms with Gasteiger partial charge in [0.15, 0.2) is 0 Å². The standard InChI is InChI=1S/C7H14BrNO2/c1-6(8)3-9-4-7(2,11)5-10/h9-11H,1,3-5H2,2H3. The van der Waals surface area contributed by atoms with Gasteiger partial charge in [0.25, 0.3) is 0 Å². The molecule has 0 aromatic heterocycles. The van der Waals surface area contributed by atoms with Gasteiger partial charge in [0, 0.05) is 17.6 Å². The highest BCUT2D eigenvalue weighted by Crippen LogP contribution is 2.01. The van der Waals surface area contributed by atoms with Crippen LogP contribution in [0.15, 0.2) is 11.1 Å². The molecule has 0 saturated heterocycles. The molecule has 0 aromatic carbocycles. The topological polar surface area (TPSA) is 52.5 Å². The van der Waals surface area contributed by atoms with Crippen molar-refractivity contribution in [1.82, 2.24) is 5.32 Å². The van der Waals surface area contributed by atoms with Crippen LogP contribution in [0.2, 0.25) is 0 Å². The van der Waals surface area contributed by atoms with Crippen LogP contribution in [0.25, 0.3) is 0 Å². The molecule has 4 heteroatoms. The third-order valence-electron chi connectivity index (χ3n) is 1.16. The van der Waals surface area contributed by atoms with Gasteiger partial charge in [-0.2, -0.15) is 0 Å². The molecule has 0 heterocycles. The molecule has 0 aliphatic heterocycles. The monoisotopic (exact) mass is 223 g/mol. The van der Waals surface area contributed by atoms with Crippen LogP contribution < -0.4 is 5.32 Å². The van der Waals surface area contributed by atoms with Crippen LogP contribution in [-0.4, -0.2) is 35.5 Å². The lowest BCUT2D eigenvalue weighted by molar-refractivity contribution is 0.00347. The van der Waals surface area contributed by atoms with Crippen LogP contribution in [0, 0.1) is 0 Å². The Morgan fingerprint density at radius 3 is 2.64 bits per heavy atom. The van der Waals surface area contributed by atoms with E-state index in [0.29, 0.717) is 13.1 Å². The lowest BCUT2D eigenvalue weighted by atomic mass is 10.1. The van der Waals surface area contributed by atoms with E-state index in [0.717, 1.165) is 4.48 Å². The first-order chi connectivity index (χ1) is 4.98. The number of aliphatic hydroxyl groups is 2. The summed E-state index contributed by atoms with van der Waals surface area (Å²) in [6.45, 7) is 5.88. The van der Waals surface area contributed by atoms with Gasteiger partial charge in [-0.3, -0.25) is 0 Å². The zero-order chi connectivity index (χ0) is 8.91. The lowest BCUT2D eigenvalue weighted by Crippen LogP contribution is -2.41. The van der Waals surface area contributed by atoms with E-state index in [1.165, 1.54) is 0 Å². The minimum atomic E-state index is -1.04. The van der Waals surface area contributed by atoms with Gasteiger partial charge in [0.2, 0.25) is 0 Å². The molecule has 11 heavy (non-hydrogen) atoms. The number of rotatable bonds is 5. The summed E-state index contributed by atoms with van der Waals surface area (Å²) in [5, 5.41) is 20.8. The number of hydrogen-bond acceptors (Lipinski definition) is 3. The third kappa shape index (κ3) is 6.50. The van der Waals surface area contributed by atoms with Crippen molar-refractivity contribution in [3.8, 4) is 0 Å². The molecule has 0 fully saturated rings. The molecule has 3 nitrogen and oxygen atoms in total. The quantitative estimate of drug-likeness (QED) is 0.626. The van der Waals surface area contributed by atoms with E-state index in [2.05, 4.69) is 27.8 Å². The molecular formula is C7H14BrNO2. The normalized spacial score (nSPS) is 16.0. The molecule has 0 saturated carbocycles. The van der Waals surface area contributed by atoms with Crippen LogP contribution in [0.4, 0.5) is 0 Å². The predicted molar refractivity (Wildman–Crippen MR) is 48.6 cm³/mol. The summed E-state index contributed by atoms with van der Waals surface area (Å²) >= 11 is 3.16. The highest BCUT2D eigenvalue weighted by molar-refractivity contribution is 9.11. The van der Waals surface area contributed by atoms with Gasteiger partial charge in [0.1, 0.15) is 0 Å². The average molecular weight is 224 g/mol. The van der Waals surface area contributed by atoms with Crippen molar-refractivity contribution < 1.29 is 10.2 Å². The van der Waals surface area contributed by atoms with Crippen LogP contribution >= 0.6 is 15.9 Å². The second kappa shape index (κ2) is 4.87. The van der Waals surface area contributed by atoms with Crippen molar-refractivity contribution >= 4 is 15.9 Å². The molecule has 0 rings (SSSR count). The molecule has 0 aliphatic rings. The van der Waals surface area contributed by atoms with E-state index in [1.54, 1.807) is 6.92 Å². The molecule has 0 radical (unpaired) electrons. The van der Waals surface area contributed by atoms with Gasteiger partial charge in [0.05, 0.1) is 12.2 Å². The lowest BCUT2D eigenvalue weighted by Gasteiger charge is -2.20. The molecule has 1 atom stereocenters. The summed E-state index contributed by atoms with van der Waals surface area (Å²) in [6, 6.07) is 0. The molecule has 0 aliphatic carbocycles. The third-order valence-corrected chi connectivity index (χ3v) is 1.44. The first-order valence-corrected chi connectivity index (χ1v) is 4.14. The van der Waals surface area contributed by atoms with E-state index in [4.69, 9.17) is 5.11 Å². The minimum Gasteiger partial charge on any atom is -0.393 e. The fraction of sp³-hybridized carbons (Fsp3) is 0.714. The number of halogens is 1. The van der Waals surface area contributed by atoms with E-state index in [1.807, 2.05) is 0 Å². The molecule has 66 valence electrons. The smallest absolute Gasteiger partial charge is 0.0972 e. The highest BCUT2D eigenvalue weighted by atomic mass is 79.9. The SMILES string of the molecule is C=C(Br)CNCC(C)(O)CO. The summed E-state index contributed by atoms with van der Waals surface area (Å²) in [4.78, 5) is 0. The van der Waals surface area contributed by atoms with E-state index >= 15 is 0 Å². The number of nitrogens with one attached hydrogen (secondary N) is 1. The summed E-state index contributed by atoms with van der Waals surface area (Å²) in [5.41, 5.74) is -1.04. The Balaban J connectivity index is 3.45. The largest absolute Gasteiger partial charge is 0.393 e. The van der Waals surface area contributed by atoms with E-state index in [9.17, 15) is 5.11 Å². The summed E-state index contributed by atoms with van der Waals surface area (Å²) in [6.07, 6.45) is 0. The zero-order valence-corrected chi connectivity index (χ0v) is 8.19. The van der Waals surface area contributed by atoms with Gasteiger partial charge in [-0.25, -0.2) is 0 Å². The van der Waals surface area contributed by atoms with Crippen molar-refractivity contribution in [3.05, 3.63) is 11.1 Å². The maximum absolute atomic E-state index is 9.28. The molecule has 0 aromatic rings. The highest BCUT2D eigenvalue weighted by Gasteiger charge is 2.17. The molecule has 3 N–H and O–H groups in total. The van der Waals surface area contributed by atoms with Crippen molar-refractivity contribution in [2.45, 2.75) is 12.5 Å². The van der Waals surface area contributed by atoms with Crippen molar-refractivity contribution in [1.29, 1.82) is 0 Å². The van der Waals surface area contributed by atoms with E-state index in [-0.39, 0.29) is 6.61 Å². The van der Waals surface area contributed by atoms with Gasteiger partial charge >= 0.3 is 0 Å². The summed E-state index contributed by atoms with van der Waals surface area (Å²) < 4.78 is 0.825. The fourth-order valence-corrected chi connectivity index (χ4v) is 0.722. The maximum atomic E-state index is 9.28. The van der Waals surface area contributed by atoms with Crippen LogP contribution in [0.1, 0.15) is 6.92 Å². The Hall–Kier alpha value is 0.1000. The molecule has 0 bridgehead atoms. The van der Waals surface area contributed by atoms with Gasteiger partial charge in [-0.05, 0) is 6.92 Å². The van der Waals surface area contributed by atoms with Gasteiger partial charge in [-0.15, -0.1) is 0 Å². The van der Waals surface area contributed by atoms with Crippen LogP contribution in [0.3, 0.4) is 0 Å². The van der Waals surface area contributed by atoms with E-state index < -0.39 is 5.60 Å². The summed E-state index contributed by atoms with van der Waals surface area (Å²) in [7, 11) is 0. The second-order valence-corrected chi connectivity index (χ2v) is 3.90. The minimum absolute atomic E-state index is 0.241. The van der Waals surface area contributed by atoms with Crippen molar-refractivity contribution in [3.63, 3.8) is 0 Å². The first-order valence-electron chi connectivity index (χ1n) is 3.35. The Bertz CT molecular complexity index is 136.